The molecule has 1 atom stereocenters. The fraction of sp³-hybridized carbons (Fsp3) is 0.250. The third-order valence-corrected chi connectivity index (χ3v) is 6.30. The van der Waals surface area contributed by atoms with E-state index in [1.807, 2.05) is 36.4 Å². The number of carboxylic acids is 1. The first-order valence-corrected chi connectivity index (χ1v) is 10.6. The molecule has 0 spiro atoms. The Bertz CT molecular complexity index is 1220. The smallest absolute Gasteiger partial charge is 0.412 e. The van der Waals surface area contributed by atoms with E-state index in [0.717, 1.165) is 22.3 Å². The van der Waals surface area contributed by atoms with Gasteiger partial charge in [0.2, 0.25) is 0 Å². The number of aliphatic carboxylic acids is 1. The van der Waals surface area contributed by atoms with E-state index >= 15 is 0 Å². The van der Waals surface area contributed by atoms with Crippen molar-refractivity contribution < 1.29 is 24.2 Å². The molecule has 33 heavy (non-hydrogen) atoms. The van der Waals surface area contributed by atoms with Crippen molar-refractivity contribution in [1.82, 2.24) is 14.7 Å². The summed E-state index contributed by atoms with van der Waals surface area (Å²) < 4.78 is 6.90. The van der Waals surface area contributed by atoms with Gasteiger partial charge in [0.15, 0.2) is 0 Å². The second-order valence-electron chi connectivity index (χ2n) is 8.12. The van der Waals surface area contributed by atoms with Gasteiger partial charge in [-0.2, -0.15) is 5.10 Å². The lowest BCUT2D eigenvalue weighted by Gasteiger charge is -2.37. The number of rotatable bonds is 5. The van der Waals surface area contributed by atoms with Crippen LogP contribution in [0.1, 0.15) is 33.8 Å². The molecule has 2 heterocycles. The fourth-order valence-electron chi connectivity index (χ4n) is 4.52. The van der Waals surface area contributed by atoms with Crippen LogP contribution in [0.5, 0.6) is 0 Å². The van der Waals surface area contributed by atoms with Crippen LogP contribution in [-0.2, 0) is 16.6 Å². The molecule has 2 amide bonds. The first-order valence-electron chi connectivity index (χ1n) is 10.6. The van der Waals surface area contributed by atoms with E-state index in [4.69, 9.17) is 4.74 Å². The summed E-state index contributed by atoms with van der Waals surface area (Å²) in [6.07, 6.45) is 1.00. The van der Waals surface area contributed by atoms with Gasteiger partial charge < -0.3 is 14.7 Å². The van der Waals surface area contributed by atoms with Crippen molar-refractivity contribution in [2.24, 2.45) is 7.05 Å². The number of nitrogens with one attached hydrogen (secondary N) is 1. The average Bonchev–Trinajstić information content (AvgIpc) is 3.29. The number of benzene rings is 2. The van der Waals surface area contributed by atoms with Gasteiger partial charge in [0.05, 0.1) is 6.20 Å². The van der Waals surface area contributed by atoms with E-state index in [1.165, 1.54) is 15.8 Å². The molecule has 1 fully saturated rings. The number of hydrogen-bond acceptors (Lipinski definition) is 5. The number of carbonyl (C=O) groups is 3. The second-order valence-corrected chi connectivity index (χ2v) is 8.12. The monoisotopic (exact) mass is 446 g/mol. The van der Waals surface area contributed by atoms with Crippen LogP contribution in [0.25, 0.3) is 11.1 Å². The van der Waals surface area contributed by atoms with Gasteiger partial charge in [-0.15, -0.1) is 0 Å². The highest BCUT2D eigenvalue weighted by atomic mass is 16.5. The van der Waals surface area contributed by atoms with Crippen molar-refractivity contribution >= 4 is 23.8 Å². The Hall–Kier alpha value is -4.14. The van der Waals surface area contributed by atoms with Gasteiger partial charge in [-0.1, -0.05) is 48.5 Å². The zero-order valence-corrected chi connectivity index (χ0v) is 17.9. The number of hydrogen-bond donors (Lipinski definition) is 2. The number of nitrogens with zero attached hydrogens (tertiary/aromatic N) is 3. The molecular weight excluding hydrogens is 424 g/mol. The van der Waals surface area contributed by atoms with Crippen LogP contribution in [0, 0.1) is 0 Å². The van der Waals surface area contributed by atoms with Crippen LogP contribution < -0.4 is 5.32 Å². The molecule has 9 nitrogen and oxygen atoms in total. The molecule has 5 rings (SSSR count). The molecular formula is C24H22N4O5. The highest BCUT2D eigenvalue weighted by Gasteiger charge is 2.39. The van der Waals surface area contributed by atoms with E-state index in [0.29, 0.717) is 13.0 Å². The average molecular weight is 446 g/mol. The fourth-order valence-corrected chi connectivity index (χ4v) is 4.52. The van der Waals surface area contributed by atoms with Crippen molar-refractivity contribution in [2.45, 2.75) is 18.4 Å². The van der Waals surface area contributed by atoms with E-state index < -0.39 is 24.0 Å². The number of amides is 2. The van der Waals surface area contributed by atoms with Crippen LogP contribution in [0.2, 0.25) is 0 Å². The third-order valence-electron chi connectivity index (χ3n) is 6.30. The Morgan fingerprint density at radius 2 is 1.73 bits per heavy atom. The molecule has 168 valence electrons. The minimum absolute atomic E-state index is 0.0896. The number of likely N-dealkylation sites (tertiary alicyclic amines) is 1. The third kappa shape index (κ3) is 3.51. The van der Waals surface area contributed by atoms with E-state index in [2.05, 4.69) is 22.5 Å². The molecule has 1 aliphatic heterocycles. The molecule has 2 aromatic carbocycles. The van der Waals surface area contributed by atoms with Crippen LogP contribution >= 0.6 is 0 Å². The lowest BCUT2D eigenvalue weighted by Crippen LogP contribution is -2.55. The van der Waals surface area contributed by atoms with E-state index in [9.17, 15) is 19.5 Å². The largest absolute Gasteiger partial charge is 0.480 e. The van der Waals surface area contributed by atoms with Gasteiger partial charge in [-0.05, 0) is 28.7 Å². The Balaban J connectivity index is 1.30. The molecule has 2 aliphatic rings. The summed E-state index contributed by atoms with van der Waals surface area (Å²) in [7, 11) is 1.58. The Labute approximate surface area is 189 Å². The summed E-state index contributed by atoms with van der Waals surface area (Å²) in [6.45, 7) is 0.475. The number of fused-ring (bicyclic) bond motifs is 3. The molecule has 2 N–H and O–H groups in total. The second kappa shape index (κ2) is 8.09. The first kappa shape index (κ1) is 20.7. The lowest BCUT2D eigenvalue weighted by atomic mass is 9.98. The number of aromatic nitrogens is 2. The summed E-state index contributed by atoms with van der Waals surface area (Å²) in [5.74, 6) is -1.47. The van der Waals surface area contributed by atoms with Crippen LogP contribution in [0.15, 0.2) is 54.7 Å². The normalized spacial score (nSPS) is 16.5. The van der Waals surface area contributed by atoms with Crippen molar-refractivity contribution in [2.75, 3.05) is 18.5 Å². The number of ether oxygens (including phenoxy) is 1. The minimum Gasteiger partial charge on any atom is -0.480 e. The summed E-state index contributed by atoms with van der Waals surface area (Å²) in [5.41, 5.74) is 4.58. The molecule has 1 aromatic heterocycles. The maximum Gasteiger partial charge on any atom is 0.412 e. The van der Waals surface area contributed by atoms with Gasteiger partial charge in [-0.25, -0.2) is 9.59 Å². The molecule has 9 heteroatoms. The van der Waals surface area contributed by atoms with Gasteiger partial charge in [0.25, 0.3) is 5.91 Å². The van der Waals surface area contributed by atoms with Gasteiger partial charge in [0, 0.05) is 19.5 Å². The summed E-state index contributed by atoms with van der Waals surface area (Å²) in [4.78, 5) is 38.0. The first-order chi connectivity index (χ1) is 16.0. The zero-order chi connectivity index (χ0) is 23.1. The quantitative estimate of drug-likeness (QED) is 0.623. The van der Waals surface area contributed by atoms with E-state index in [1.54, 1.807) is 7.05 Å². The van der Waals surface area contributed by atoms with E-state index in [-0.39, 0.29) is 23.9 Å². The van der Waals surface area contributed by atoms with Crippen molar-refractivity contribution in [3.05, 3.63) is 71.4 Å². The summed E-state index contributed by atoms with van der Waals surface area (Å²) in [6, 6.07) is 15.2. The zero-order valence-electron chi connectivity index (χ0n) is 17.9. The summed E-state index contributed by atoms with van der Waals surface area (Å²) in [5, 5.41) is 15.9. The standard InChI is InChI=1S/C24H22N4O5/c1-27-21(18(12-25-27)22(29)28-11-10-20(28)23(30)31)26-24(32)33-13-19-16-8-4-2-6-14(16)15-7-3-5-9-17(15)19/h2-9,12,19-20H,10-11,13H2,1H3,(H,26,32)(H,30,31). The molecule has 0 radical (unpaired) electrons. The number of aryl methyl sites for hydroxylation is 1. The number of carboxylic acid groups (broad SMARTS) is 1. The Morgan fingerprint density at radius 3 is 2.30 bits per heavy atom. The van der Waals surface area contributed by atoms with Crippen molar-refractivity contribution in [3.63, 3.8) is 0 Å². The van der Waals surface area contributed by atoms with Gasteiger partial charge in [-0.3, -0.25) is 14.8 Å². The Kier molecular flexibility index (Phi) is 5.08. The number of anilines is 1. The minimum atomic E-state index is -1.05. The molecule has 1 unspecified atom stereocenters. The molecule has 0 bridgehead atoms. The number of carbonyl (C=O) groups excluding carboxylic acids is 2. The predicted molar refractivity (Wildman–Crippen MR) is 119 cm³/mol. The molecule has 1 aliphatic carbocycles. The highest BCUT2D eigenvalue weighted by molar-refractivity contribution is 6.03. The van der Waals surface area contributed by atoms with Crippen LogP contribution in [-0.4, -0.2) is 57.0 Å². The topological polar surface area (TPSA) is 114 Å². The van der Waals surface area contributed by atoms with Crippen molar-refractivity contribution in [3.8, 4) is 11.1 Å². The molecule has 1 saturated heterocycles. The lowest BCUT2D eigenvalue weighted by molar-refractivity contribution is -0.146. The van der Waals surface area contributed by atoms with Crippen molar-refractivity contribution in [1.29, 1.82) is 0 Å². The van der Waals surface area contributed by atoms with Crippen LogP contribution in [0.4, 0.5) is 10.6 Å². The maximum absolute atomic E-state index is 12.8. The predicted octanol–water partition coefficient (Wildman–Crippen LogP) is 3.08. The molecule has 3 aromatic rings. The van der Waals surface area contributed by atoms with Crippen LogP contribution in [0.3, 0.4) is 0 Å². The van der Waals surface area contributed by atoms with Gasteiger partial charge >= 0.3 is 12.1 Å². The SMILES string of the molecule is Cn1ncc(C(=O)N2CCC2C(=O)O)c1NC(=O)OCC1c2ccccc2-c2ccccc21. The summed E-state index contributed by atoms with van der Waals surface area (Å²) >= 11 is 0. The Morgan fingerprint density at radius 1 is 1.09 bits per heavy atom. The van der Waals surface area contributed by atoms with Gasteiger partial charge in [0.1, 0.15) is 24.0 Å². The maximum atomic E-state index is 12.8. The molecule has 0 saturated carbocycles. The highest BCUT2D eigenvalue weighted by Crippen LogP contribution is 2.44.